The van der Waals surface area contributed by atoms with E-state index in [2.05, 4.69) is 26.5 Å². The molecule has 0 nitrogen and oxygen atoms in total. The minimum atomic E-state index is 0.332. The molecule has 0 spiro atoms. The van der Waals surface area contributed by atoms with Gasteiger partial charge >= 0.3 is 0 Å². The van der Waals surface area contributed by atoms with Crippen molar-refractivity contribution in [3.63, 3.8) is 0 Å². The first-order valence-electron chi connectivity index (χ1n) is 6.89. The summed E-state index contributed by atoms with van der Waals surface area (Å²) in [4.78, 5) is 0.724. The summed E-state index contributed by atoms with van der Waals surface area (Å²) in [5, 5.41) is 0. The quantitative estimate of drug-likeness (QED) is 0.677. The van der Waals surface area contributed by atoms with Crippen LogP contribution in [0.1, 0.15) is 32.3 Å². The van der Waals surface area contributed by atoms with Crippen molar-refractivity contribution in [3.8, 4) is 0 Å². The third-order valence-electron chi connectivity index (χ3n) is 4.13. The molecule has 2 unspecified atom stereocenters. The smallest absolute Gasteiger partial charge is 0.0815 e. The van der Waals surface area contributed by atoms with E-state index in [1.165, 1.54) is 24.0 Å². The molecule has 0 heterocycles. The van der Waals surface area contributed by atoms with Crippen molar-refractivity contribution in [1.82, 2.24) is 0 Å². The highest BCUT2D eigenvalue weighted by atomic mass is 32.2. The molecule has 1 saturated carbocycles. The minimum absolute atomic E-state index is 0.332. The predicted molar refractivity (Wildman–Crippen MR) is 81.9 cm³/mol. The summed E-state index contributed by atoms with van der Waals surface area (Å²) in [5.74, 6) is 1.15. The topological polar surface area (TPSA) is 0 Å². The van der Waals surface area contributed by atoms with Crippen LogP contribution in [-0.4, -0.2) is 0 Å². The van der Waals surface area contributed by atoms with Crippen LogP contribution in [0.3, 0.4) is 0 Å². The van der Waals surface area contributed by atoms with Crippen molar-refractivity contribution in [3.05, 3.63) is 53.6 Å². The van der Waals surface area contributed by atoms with Crippen LogP contribution in [0.2, 0.25) is 0 Å². The second kappa shape index (κ2) is 6.42. The molecule has 0 amide bonds. The Morgan fingerprint density at radius 1 is 1.26 bits per heavy atom. The molecular weight excluding hydrogens is 255 g/mol. The summed E-state index contributed by atoms with van der Waals surface area (Å²) in [7, 11) is 0. The first-order chi connectivity index (χ1) is 9.13. The van der Waals surface area contributed by atoms with Gasteiger partial charge in [-0.3, -0.25) is 0 Å². The van der Waals surface area contributed by atoms with Crippen LogP contribution < -0.4 is 0 Å². The zero-order chi connectivity index (χ0) is 13.8. The summed E-state index contributed by atoms with van der Waals surface area (Å²) < 4.78 is 12.8. The van der Waals surface area contributed by atoms with E-state index in [1.807, 2.05) is 24.3 Å². The maximum atomic E-state index is 12.8. The zero-order valence-electron chi connectivity index (χ0n) is 11.7. The van der Waals surface area contributed by atoms with E-state index >= 15 is 0 Å². The minimum Gasteiger partial charge on any atom is -0.160 e. The predicted octanol–water partition coefficient (Wildman–Crippen LogP) is 5.75. The zero-order valence-corrected chi connectivity index (χ0v) is 12.5. The van der Waals surface area contributed by atoms with Crippen LogP contribution >= 0.6 is 12.1 Å². The molecule has 1 aromatic rings. The number of allylic oxidation sites excluding steroid dienone is 3. The maximum Gasteiger partial charge on any atom is 0.0815 e. The summed E-state index contributed by atoms with van der Waals surface area (Å²) in [6.07, 6.45) is 5.50. The molecule has 2 atom stereocenters. The maximum absolute atomic E-state index is 12.8. The lowest BCUT2D eigenvalue weighted by atomic mass is 9.76. The molecule has 19 heavy (non-hydrogen) atoms. The van der Waals surface area contributed by atoms with Crippen LogP contribution in [0.15, 0.2) is 53.0 Å². The highest BCUT2D eigenvalue weighted by molar-refractivity contribution is 7.94. The second-order valence-corrected chi connectivity index (χ2v) is 6.05. The average molecular weight is 276 g/mol. The van der Waals surface area contributed by atoms with Gasteiger partial charge in [0, 0.05) is 4.90 Å². The fourth-order valence-electron chi connectivity index (χ4n) is 2.73. The molecule has 0 bridgehead atoms. The van der Waals surface area contributed by atoms with Crippen molar-refractivity contribution in [2.75, 3.05) is 0 Å². The molecule has 102 valence electrons. The molecule has 1 fully saturated rings. The molecule has 0 aromatic heterocycles. The van der Waals surface area contributed by atoms with Crippen molar-refractivity contribution in [2.45, 2.75) is 38.0 Å². The van der Waals surface area contributed by atoms with Gasteiger partial charge in [-0.05, 0) is 53.9 Å². The van der Waals surface area contributed by atoms with Gasteiger partial charge in [0.2, 0.25) is 0 Å². The van der Waals surface area contributed by atoms with Crippen LogP contribution in [0.5, 0.6) is 0 Å². The summed E-state index contributed by atoms with van der Waals surface area (Å²) in [5.41, 5.74) is 3.70. The normalized spacial score (nSPS) is 25.8. The fourth-order valence-corrected chi connectivity index (χ4v) is 3.11. The van der Waals surface area contributed by atoms with Gasteiger partial charge < -0.3 is 0 Å². The van der Waals surface area contributed by atoms with Crippen LogP contribution in [0, 0.1) is 11.8 Å². The van der Waals surface area contributed by atoms with Gasteiger partial charge in [-0.2, -0.15) is 3.89 Å². The van der Waals surface area contributed by atoms with Gasteiger partial charge in [0.15, 0.2) is 0 Å². The molecule has 0 radical (unpaired) electrons. The van der Waals surface area contributed by atoms with Gasteiger partial charge in [-0.1, -0.05) is 44.7 Å². The largest absolute Gasteiger partial charge is 0.160 e. The number of hydrogen-bond acceptors (Lipinski definition) is 1. The highest BCUT2D eigenvalue weighted by Gasteiger charge is 2.22. The Morgan fingerprint density at radius 2 is 1.95 bits per heavy atom. The lowest BCUT2D eigenvalue weighted by Crippen LogP contribution is -2.16. The SMILES string of the molecule is C=C1/C(=C\Cc2ccccc2SF)C(C)CCC1C. The molecule has 1 aliphatic rings. The average Bonchev–Trinajstić information content (AvgIpc) is 2.43. The molecule has 1 aliphatic carbocycles. The Bertz CT molecular complexity index is 490. The Balaban J connectivity index is 2.19. The summed E-state index contributed by atoms with van der Waals surface area (Å²) >= 11 is 0.332. The molecule has 1 aromatic carbocycles. The van der Waals surface area contributed by atoms with Crippen molar-refractivity contribution < 1.29 is 3.89 Å². The monoisotopic (exact) mass is 276 g/mol. The third-order valence-corrected chi connectivity index (χ3v) is 4.69. The fraction of sp³-hybridized carbons (Fsp3) is 0.412. The van der Waals surface area contributed by atoms with Gasteiger partial charge in [-0.15, -0.1) is 0 Å². The summed E-state index contributed by atoms with van der Waals surface area (Å²) in [6.45, 7) is 8.74. The van der Waals surface area contributed by atoms with E-state index in [0.29, 0.717) is 24.0 Å². The van der Waals surface area contributed by atoms with E-state index in [0.717, 1.165) is 16.9 Å². The van der Waals surface area contributed by atoms with Crippen molar-refractivity contribution in [1.29, 1.82) is 0 Å². The van der Waals surface area contributed by atoms with Crippen molar-refractivity contribution in [2.24, 2.45) is 11.8 Å². The van der Waals surface area contributed by atoms with Gasteiger partial charge in [-0.25, -0.2) is 0 Å². The molecule has 2 heteroatoms. The molecule has 0 aliphatic heterocycles. The first kappa shape index (κ1) is 14.4. The van der Waals surface area contributed by atoms with Crippen LogP contribution in [0.4, 0.5) is 3.89 Å². The third kappa shape index (κ3) is 3.30. The van der Waals surface area contributed by atoms with E-state index < -0.39 is 0 Å². The standard InChI is InChI=1S/C17H21FS/c1-12-8-9-13(2)16(14(12)3)11-10-15-6-4-5-7-17(15)19-18/h4-7,11-13H,3,8-10H2,1-2H3/b16-11-. The lowest BCUT2D eigenvalue weighted by molar-refractivity contribution is 0.457. The van der Waals surface area contributed by atoms with Gasteiger partial charge in [0.05, 0.1) is 12.1 Å². The van der Waals surface area contributed by atoms with E-state index in [1.54, 1.807) is 0 Å². The number of rotatable bonds is 3. The Labute approximate surface area is 120 Å². The molecule has 2 rings (SSSR count). The highest BCUT2D eigenvalue weighted by Crippen LogP contribution is 2.37. The summed E-state index contributed by atoms with van der Waals surface area (Å²) in [6, 6.07) is 7.68. The Kier molecular flexibility index (Phi) is 4.87. The lowest BCUT2D eigenvalue weighted by Gasteiger charge is -2.29. The van der Waals surface area contributed by atoms with E-state index in [-0.39, 0.29) is 0 Å². The van der Waals surface area contributed by atoms with Crippen LogP contribution in [-0.2, 0) is 6.42 Å². The first-order valence-corrected chi connectivity index (χ1v) is 7.61. The van der Waals surface area contributed by atoms with Crippen molar-refractivity contribution >= 4 is 12.1 Å². The molecule has 0 N–H and O–H groups in total. The Hall–Kier alpha value is -1.02. The molecular formula is C17H21FS. The number of halogens is 1. The van der Waals surface area contributed by atoms with Crippen LogP contribution in [0.25, 0.3) is 0 Å². The number of benzene rings is 1. The van der Waals surface area contributed by atoms with Gasteiger partial charge in [0.1, 0.15) is 0 Å². The number of hydrogen-bond donors (Lipinski definition) is 0. The van der Waals surface area contributed by atoms with E-state index in [4.69, 9.17) is 0 Å². The second-order valence-electron chi connectivity index (χ2n) is 5.45. The Morgan fingerprint density at radius 3 is 2.68 bits per heavy atom. The van der Waals surface area contributed by atoms with Gasteiger partial charge in [0.25, 0.3) is 0 Å². The van der Waals surface area contributed by atoms with E-state index in [9.17, 15) is 3.89 Å². The molecule has 0 saturated heterocycles.